The maximum atomic E-state index is 11.0. The summed E-state index contributed by atoms with van der Waals surface area (Å²) < 4.78 is 5.79. The summed E-state index contributed by atoms with van der Waals surface area (Å²) in [5.74, 6) is 0.805. The van der Waals surface area contributed by atoms with Gasteiger partial charge in [0.2, 0.25) is 0 Å². The van der Waals surface area contributed by atoms with Gasteiger partial charge in [-0.1, -0.05) is 29.8 Å². The van der Waals surface area contributed by atoms with Crippen LogP contribution in [0.5, 0.6) is 0 Å². The zero-order valence-electron chi connectivity index (χ0n) is 11.6. The predicted molar refractivity (Wildman–Crippen MR) is 86.5 cm³/mol. The van der Waals surface area contributed by atoms with Crippen LogP contribution in [0.15, 0.2) is 57.9 Å². The van der Waals surface area contributed by atoms with Gasteiger partial charge in [-0.2, -0.15) is 0 Å². The second-order valence-corrected chi connectivity index (χ2v) is 5.88. The van der Waals surface area contributed by atoms with E-state index >= 15 is 0 Å². The summed E-state index contributed by atoms with van der Waals surface area (Å²) in [5.41, 5.74) is 6.60. The Labute approximate surface area is 131 Å². The van der Waals surface area contributed by atoms with Gasteiger partial charge in [-0.3, -0.25) is 0 Å². The quantitative estimate of drug-likeness (QED) is 0.760. The van der Waals surface area contributed by atoms with Gasteiger partial charge >= 0.3 is 0 Å². The van der Waals surface area contributed by atoms with Gasteiger partial charge in [-0.15, -0.1) is 0 Å². The van der Waals surface area contributed by atoms with Gasteiger partial charge < -0.3 is 15.3 Å². The zero-order valence-corrected chi connectivity index (χ0v) is 12.3. The number of para-hydroxylation sites is 1. The lowest BCUT2D eigenvalue weighted by Crippen LogP contribution is -2.40. The summed E-state index contributed by atoms with van der Waals surface area (Å²) in [6, 6.07) is 14.8. The molecule has 0 bridgehead atoms. The molecule has 0 fully saturated rings. The standard InChI is InChI=1S/C17H13ClN2O2/c18-11-5-6-14-13(8-11)17(21,16(19)20-14)9-12-7-10-3-1-2-4-15(10)22-12/h1-8,21H,9H2,(H2,19,20). The highest BCUT2D eigenvalue weighted by atomic mass is 35.5. The molecule has 1 atom stereocenters. The molecule has 22 heavy (non-hydrogen) atoms. The van der Waals surface area contributed by atoms with Crippen molar-refractivity contribution in [3.8, 4) is 0 Å². The van der Waals surface area contributed by atoms with Crippen LogP contribution in [0.1, 0.15) is 11.3 Å². The van der Waals surface area contributed by atoms with E-state index in [1.54, 1.807) is 18.2 Å². The molecule has 0 saturated heterocycles. The van der Waals surface area contributed by atoms with E-state index in [4.69, 9.17) is 21.8 Å². The summed E-state index contributed by atoms with van der Waals surface area (Å²) in [6.07, 6.45) is 0.213. The molecule has 2 aromatic carbocycles. The van der Waals surface area contributed by atoms with Crippen molar-refractivity contribution in [2.24, 2.45) is 10.7 Å². The third-order valence-electron chi connectivity index (χ3n) is 3.98. The number of halogens is 1. The van der Waals surface area contributed by atoms with E-state index < -0.39 is 5.60 Å². The number of benzene rings is 2. The van der Waals surface area contributed by atoms with Crippen LogP contribution in [-0.4, -0.2) is 10.9 Å². The molecule has 0 radical (unpaired) electrons. The normalized spacial score (nSPS) is 20.2. The molecule has 3 aromatic rings. The highest BCUT2D eigenvalue weighted by Gasteiger charge is 2.41. The van der Waals surface area contributed by atoms with Gasteiger partial charge in [0.25, 0.3) is 0 Å². The van der Waals surface area contributed by atoms with E-state index in [2.05, 4.69) is 4.99 Å². The molecule has 2 heterocycles. The van der Waals surface area contributed by atoms with E-state index in [0.29, 0.717) is 22.0 Å². The monoisotopic (exact) mass is 312 g/mol. The first-order valence-corrected chi connectivity index (χ1v) is 7.28. The topological polar surface area (TPSA) is 71.8 Å². The van der Waals surface area contributed by atoms with Crippen molar-refractivity contribution < 1.29 is 9.52 Å². The molecule has 0 saturated carbocycles. The number of nitrogens with zero attached hydrogens (tertiary/aromatic N) is 1. The summed E-state index contributed by atoms with van der Waals surface area (Å²) in [4.78, 5) is 4.24. The van der Waals surface area contributed by atoms with Gasteiger partial charge in [0.05, 0.1) is 5.69 Å². The minimum atomic E-state index is -1.39. The van der Waals surface area contributed by atoms with Crippen LogP contribution in [0.25, 0.3) is 11.0 Å². The van der Waals surface area contributed by atoms with E-state index in [-0.39, 0.29) is 12.3 Å². The third kappa shape index (κ3) is 1.92. The van der Waals surface area contributed by atoms with Crippen LogP contribution in [0.2, 0.25) is 5.02 Å². The maximum Gasteiger partial charge on any atom is 0.156 e. The predicted octanol–water partition coefficient (Wildman–Crippen LogP) is 3.52. The maximum absolute atomic E-state index is 11.0. The molecule has 0 amide bonds. The molecular weight excluding hydrogens is 300 g/mol. The van der Waals surface area contributed by atoms with Crippen molar-refractivity contribution in [2.75, 3.05) is 0 Å². The van der Waals surface area contributed by atoms with Crippen LogP contribution >= 0.6 is 11.6 Å². The van der Waals surface area contributed by atoms with Crippen molar-refractivity contribution in [3.05, 3.63) is 64.9 Å². The number of fused-ring (bicyclic) bond motifs is 2. The van der Waals surface area contributed by atoms with Gasteiger partial charge in [0.1, 0.15) is 17.2 Å². The fraction of sp³-hybridized carbons (Fsp3) is 0.118. The number of hydrogen-bond donors (Lipinski definition) is 2. The Morgan fingerprint density at radius 3 is 2.82 bits per heavy atom. The van der Waals surface area contributed by atoms with Crippen LogP contribution in [0.3, 0.4) is 0 Å². The Morgan fingerprint density at radius 2 is 2.00 bits per heavy atom. The number of nitrogens with two attached hydrogens (primary N) is 1. The van der Waals surface area contributed by atoms with E-state index in [9.17, 15) is 5.11 Å². The molecule has 1 unspecified atom stereocenters. The SMILES string of the molecule is NC1=Nc2ccc(Cl)cc2C1(O)Cc1cc2ccccc2o1. The Balaban J connectivity index is 1.79. The van der Waals surface area contributed by atoms with Crippen molar-refractivity contribution in [1.29, 1.82) is 0 Å². The molecule has 1 aliphatic rings. The number of aliphatic imine (C=N–C) groups is 1. The molecule has 110 valence electrons. The Bertz CT molecular complexity index is 883. The van der Waals surface area contributed by atoms with Crippen molar-refractivity contribution in [2.45, 2.75) is 12.0 Å². The number of aliphatic hydroxyl groups is 1. The lowest BCUT2D eigenvalue weighted by Gasteiger charge is -2.23. The van der Waals surface area contributed by atoms with E-state index in [1.807, 2.05) is 30.3 Å². The number of furan rings is 1. The lowest BCUT2D eigenvalue weighted by atomic mass is 9.89. The van der Waals surface area contributed by atoms with Gasteiger partial charge in [-0.25, -0.2) is 4.99 Å². The van der Waals surface area contributed by atoms with Gasteiger partial charge in [-0.05, 0) is 30.3 Å². The van der Waals surface area contributed by atoms with E-state index in [1.165, 1.54) is 0 Å². The summed E-state index contributed by atoms with van der Waals surface area (Å²) in [6.45, 7) is 0. The average molecular weight is 313 g/mol. The summed E-state index contributed by atoms with van der Waals surface area (Å²) >= 11 is 6.04. The second kappa shape index (κ2) is 4.60. The van der Waals surface area contributed by atoms with Gasteiger partial charge in [0, 0.05) is 22.4 Å². The van der Waals surface area contributed by atoms with Crippen molar-refractivity contribution in [3.63, 3.8) is 0 Å². The van der Waals surface area contributed by atoms with Gasteiger partial charge in [0.15, 0.2) is 5.60 Å². The van der Waals surface area contributed by atoms with Crippen molar-refractivity contribution >= 4 is 34.1 Å². The Morgan fingerprint density at radius 1 is 1.18 bits per heavy atom. The minimum Gasteiger partial charge on any atom is -0.461 e. The highest BCUT2D eigenvalue weighted by Crippen LogP contribution is 2.41. The molecule has 0 spiro atoms. The fourth-order valence-corrected chi connectivity index (χ4v) is 3.03. The molecule has 3 N–H and O–H groups in total. The van der Waals surface area contributed by atoms with Crippen LogP contribution in [0.4, 0.5) is 5.69 Å². The molecule has 0 aliphatic carbocycles. The molecular formula is C17H13ClN2O2. The number of amidine groups is 1. The van der Waals surface area contributed by atoms with Crippen LogP contribution < -0.4 is 5.73 Å². The third-order valence-corrected chi connectivity index (χ3v) is 4.21. The number of rotatable bonds is 2. The summed E-state index contributed by atoms with van der Waals surface area (Å²) in [5, 5.41) is 12.6. The molecule has 4 nitrogen and oxygen atoms in total. The first-order valence-electron chi connectivity index (χ1n) is 6.91. The highest BCUT2D eigenvalue weighted by molar-refractivity contribution is 6.30. The molecule has 4 rings (SSSR count). The molecule has 1 aliphatic heterocycles. The lowest BCUT2D eigenvalue weighted by molar-refractivity contribution is 0.108. The Kier molecular flexibility index (Phi) is 2.79. The van der Waals surface area contributed by atoms with Crippen molar-refractivity contribution in [1.82, 2.24) is 0 Å². The van der Waals surface area contributed by atoms with Crippen LogP contribution in [0, 0.1) is 0 Å². The fourth-order valence-electron chi connectivity index (χ4n) is 2.86. The Hall–Kier alpha value is -2.30. The summed E-state index contributed by atoms with van der Waals surface area (Å²) in [7, 11) is 0. The zero-order chi connectivity index (χ0) is 15.3. The van der Waals surface area contributed by atoms with E-state index in [0.717, 1.165) is 11.0 Å². The number of hydrogen-bond acceptors (Lipinski definition) is 4. The molecule has 1 aromatic heterocycles. The van der Waals surface area contributed by atoms with Crippen LogP contribution in [-0.2, 0) is 12.0 Å². The first-order chi connectivity index (χ1) is 10.6. The molecule has 5 heteroatoms. The second-order valence-electron chi connectivity index (χ2n) is 5.45. The average Bonchev–Trinajstić information content (AvgIpc) is 2.99. The largest absolute Gasteiger partial charge is 0.461 e. The smallest absolute Gasteiger partial charge is 0.156 e. The minimum absolute atomic E-state index is 0.158. The first kappa shape index (κ1) is 13.4.